The Bertz CT molecular complexity index is 445. The Kier molecular flexibility index (Phi) is 5.00. The zero-order valence-electron chi connectivity index (χ0n) is 9.03. The van der Waals surface area contributed by atoms with E-state index in [1.54, 1.807) is 12.1 Å². The molecule has 0 aliphatic rings. The lowest BCUT2D eigenvalue weighted by Gasteiger charge is -2.11. The zero-order chi connectivity index (χ0) is 13.8. The van der Waals surface area contributed by atoms with E-state index in [0.717, 1.165) is 3.57 Å². The van der Waals surface area contributed by atoms with Gasteiger partial charge in [0.05, 0.1) is 18.6 Å². The summed E-state index contributed by atoms with van der Waals surface area (Å²) in [6.45, 7) is -0.649. The van der Waals surface area contributed by atoms with Gasteiger partial charge >= 0.3 is 17.9 Å². The summed E-state index contributed by atoms with van der Waals surface area (Å²) in [5.41, 5.74) is 0.231. The van der Waals surface area contributed by atoms with Gasteiger partial charge in [-0.25, -0.2) is 9.59 Å². The number of halogens is 3. The normalized spacial score (nSPS) is 11.1. The summed E-state index contributed by atoms with van der Waals surface area (Å²) in [5.74, 6) is -6.87. The van der Waals surface area contributed by atoms with Gasteiger partial charge in [0.2, 0.25) is 0 Å². The second-order valence-corrected chi connectivity index (χ2v) is 4.65. The highest BCUT2D eigenvalue weighted by Gasteiger charge is 2.38. The summed E-state index contributed by atoms with van der Waals surface area (Å²) in [4.78, 5) is 21.5. The average molecular weight is 370 g/mol. The van der Waals surface area contributed by atoms with Gasteiger partial charge in [0.15, 0.2) is 0 Å². The van der Waals surface area contributed by atoms with E-state index in [2.05, 4.69) is 4.74 Å². The molecular formula is C11H9F2IO4. The lowest BCUT2D eigenvalue weighted by molar-refractivity contribution is -0.166. The summed E-state index contributed by atoms with van der Waals surface area (Å²) >= 11 is 2.05. The summed E-state index contributed by atoms with van der Waals surface area (Å²) < 4.78 is 30.8. The second kappa shape index (κ2) is 6.07. The van der Waals surface area contributed by atoms with Crippen LogP contribution in [0.25, 0.3) is 0 Å². The maximum absolute atomic E-state index is 12.7. The highest BCUT2D eigenvalue weighted by Crippen LogP contribution is 2.18. The Morgan fingerprint density at radius 3 is 2.33 bits per heavy atom. The first kappa shape index (κ1) is 14.8. The van der Waals surface area contributed by atoms with E-state index in [0.29, 0.717) is 0 Å². The van der Waals surface area contributed by atoms with Gasteiger partial charge in [0, 0.05) is 3.57 Å². The lowest BCUT2D eigenvalue weighted by Crippen LogP contribution is -2.30. The Labute approximate surface area is 115 Å². The van der Waals surface area contributed by atoms with Gasteiger partial charge in [-0.15, -0.1) is 0 Å². The quantitative estimate of drug-likeness (QED) is 0.639. The molecule has 0 saturated heterocycles. The zero-order valence-corrected chi connectivity index (χ0v) is 11.2. The van der Waals surface area contributed by atoms with E-state index < -0.39 is 30.9 Å². The van der Waals surface area contributed by atoms with Gasteiger partial charge in [-0.1, -0.05) is 0 Å². The molecule has 0 aromatic heterocycles. The summed E-state index contributed by atoms with van der Waals surface area (Å²) in [6, 6.07) is 6.34. The first-order valence-corrected chi connectivity index (χ1v) is 5.95. The number of esters is 1. The van der Waals surface area contributed by atoms with E-state index in [1.165, 1.54) is 12.1 Å². The van der Waals surface area contributed by atoms with Gasteiger partial charge in [-0.2, -0.15) is 8.78 Å². The Hall–Kier alpha value is -1.25. The number of carboxylic acids is 1. The molecule has 7 heteroatoms. The predicted octanol–water partition coefficient (Wildman–Crippen LogP) is 2.56. The minimum Gasteiger partial charge on any atom is -0.477 e. The molecule has 0 bridgehead atoms. The number of alkyl halides is 2. The van der Waals surface area contributed by atoms with Crippen molar-refractivity contribution in [2.75, 3.05) is 6.61 Å². The molecule has 0 heterocycles. The van der Waals surface area contributed by atoms with Crippen molar-refractivity contribution in [2.45, 2.75) is 12.3 Å². The van der Waals surface area contributed by atoms with Crippen LogP contribution >= 0.6 is 22.6 Å². The van der Waals surface area contributed by atoms with Crippen molar-refractivity contribution in [3.05, 3.63) is 33.4 Å². The smallest absolute Gasteiger partial charge is 0.374 e. The fourth-order valence-electron chi connectivity index (χ4n) is 1.05. The van der Waals surface area contributed by atoms with Crippen LogP contribution in [0.5, 0.6) is 0 Å². The van der Waals surface area contributed by atoms with Gasteiger partial charge in [-0.3, -0.25) is 0 Å². The Balaban J connectivity index is 2.47. The van der Waals surface area contributed by atoms with Crippen molar-refractivity contribution in [3.63, 3.8) is 0 Å². The highest BCUT2D eigenvalue weighted by molar-refractivity contribution is 14.1. The van der Waals surface area contributed by atoms with Gasteiger partial charge < -0.3 is 9.84 Å². The van der Waals surface area contributed by atoms with E-state index >= 15 is 0 Å². The third-order valence-electron chi connectivity index (χ3n) is 2.04. The summed E-state index contributed by atoms with van der Waals surface area (Å²) in [6.07, 6.45) is -1.04. The maximum atomic E-state index is 12.7. The summed E-state index contributed by atoms with van der Waals surface area (Å²) in [5, 5.41) is 8.16. The van der Waals surface area contributed by atoms with E-state index in [1.807, 2.05) is 22.6 Å². The van der Waals surface area contributed by atoms with Crippen LogP contribution in [0.4, 0.5) is 8.78 Å². The first-order valence-electron chi connectivity index (χ1n) is 4.87. The summed E-state index contributed by atoms with van der Waals surface area (Å²) in [7, 11) is 0. The lowest BCUT2D eigenvalue weighted by atomic mass is 10.2. The molecule has 0 unspecified atom stereocenters. The third kappa shape index (κ3) is 4.21. The van der Waals surface area contributed by atoms with Crippen LogP contribution in [0, 0.1) is 3.57 Å². The number of carbonyl (C=O) groups excluding carboxylic acids is 1. The van der Waals surface area contributed by atoms with E-state index in [9.17, 15) is 18.4 Å². The molecule has 0 aliphatic carbocycles. The molecule has 4 nitrogen and oxygen atoms in total. The largest absolute Gasteiger partial charge is 0.477 e. The third-order valence-corrected chi connectivity index (χ3v) is 2.76. The van der Waals surface area contributed by atoms with Gasteiger partial charge in [-0.05, 0) is 46.9 Å². The Morgan fingerprint density at radius 1 is 1.28 bits per heavy atom. The number of ether oxygens (including phenoxy) is 1. The monoisotopic (exact) mass is 370 g/mol. The molecule has 1 N–H and O–H groups in total. The number of aliphatic carboxylic acids is 1. The molecule has 0 radical (unpaired) electrons. The van der Waals surface area contributed by atoms with Crippen molar-refractivity contribution in [3.8, 4) is 0 Å². The predicted molar refractivity (Wildman–Crippen MR) is 66.6 cm³/mol. The maximum Gasteiger partial charge on any atom is 0.374 e. The van der Waals surface area contributed by atoms with Crippen LogP contribution in [0.1, 0.15) is 16.8 Å². The topological polar surface area (TPSA) is 63.6 Å². The van der Waals surface area contributed by atoms with Crippen molar-refractivity contribution >= 4 is 34.5 Å². The molecule has 0 amide bonds. The van der Waals surface area contributed by atoms with Crippen molar-refractivity contribution in [1.29, 1.82) is 0 Å². The number of hydrogen-bond acceptors (Lipinski definition) is 3. The van der Waals surface area contributed by atoms with Gasteiger partial charge in [0.25, 0.3) is 0 Å². The fourth-order valence-corrected chi connectivity index (χ4v) is 1.41. The molecule has 0 spiro atoms. The van der Waals surface area contributed by atoms with E-state index in [-0.39, 0.29) is 5.56 Å². The SMILES string of the molecule is O=C(OCCC(F)(F)C(=O)O)c1ccc(I)cc1. The minimum atomic E-state index is -3.88. The van der Waals surface area contributed by atoms with Crippen molar-refractivity contribution < 1.29 is 28.2 Å². The standard InChI is InChI=1S/C11H9F2IO4/c12-11(13,10(16)17)5-6-18-9(15)7-1-3-8(14)4-2-7/h1-4H,5-6H2,(H,16,17). The number of carbonyl (C=O) groups is 2. The van der Waals surface area contributed by atoms with Gasteiger partial charge in [0.1, 0.15) is 0 Å². The molecule has 1 rings (SSSR count). The van der Waals surface area contributed by atoms with Crippen LogP contribution in [0.15, 0.2) is 24.3 Å². The molecule has 18 heavy (non-hydrogen) atoms. The van der Waals surface area contributed by atoms with E-state index in [4.69, 9.17) is 5.11 Å². The number of rotatable bonds is 5. The molecule has 0 atom stereocenters. The second-order valence-electron chi connectivity index (χ2n) is 3.40. The van der Waals surface area contributed by atoms with Crippen LogP contribution in [-0.2, 0) is 9.53 Å². The molecule has 0 saturated carbocycles. The number of benzene rings is 1. The average Bonchev–Trinajstić information content (AvgIpc) is 2.29. The minimum absolute atomic E-state index is 0.231. The number of carboxylic acid groups (broad SMARTS) is 1. The van der Waals surface area contributed by atoms with Crippen LogP contribution in [0.2, 0.25) is 0 Å². The highest BCUT2D eigenvalue weighted by atomic mass is 127. The molecule has 0 aliphatic heterocycles. The first-order chi connectivity index (χ1) is 8.33. The Morgan fingerprint density at radius 2 is 1.83 bits per heavy atom. The molecule has 98 valence electrons. The molecule has 0 fully saturated rings. The molecular weight excluding hydrogens is 361 g/mol. The molecule has 1 aromatic rings. The molecule has 1 aromatic carbocycles. The van der Waals surface area contributed by atoms with Crippen LogP contribution in [0.3, 0.4) is 0 Å². The van der Waals surface area contributed by atoms with Crippen molar-refractivity contribution in [1.82, 2.24) is 0 Å². The number of hydrogen-bond donors (Lipinski definition) is 1. The van der Waals surface area contributed by atoms with Crippen molar-refractivity contribution in [2.24, 2.45) is 0 Å². The van der Waals surface area contributed by atoms with Crippen LogP contribution in [-0.4, -0.2) is 29.6 Å². The van der Waals surface area contributed by atoms with Crippen LogP contribution < -0.4 is 0 Å². The fraction of sp³-hybridized carbons (Fsp3) is 0.273.